The Morgan fingerprint density at radius 3 is 0.972 bits per heavy atom. The lowest BCUT2D eigenvalue weighted by Gasteiger charge is -2.22. The summed E-state index contributed by atoms with van der Waals surface area (Å²) in [6, 6.07) is 76.3. The molecule has 2 aliphatic rings. The molecule has 142 heavy (non-hydrogen) atoms. The first kappa shape index (κ1) is 97.0. The molecule has 20 rings (SSSR count). The average molecular weight is 1970 g/mol. The normalized spacial score (nSPS) is 12.9. The van der Waals surface area contributed by atoms with Crippen LogP contribution in [-0.4, -0.2) is 147 Å². The van der Waals surface area contributed by atoms with E-state index in [9.17, 15) is 19.2 Å². The van der Waals surface area contributed by atoms with Crippen LogP contribution >= 0.6 is 46.4 Å². The van der Waals surface area contributed by atoms with Crippen LogP contribution in [-0.2, 0) is 24.9 Å². The number of nitrogens with one attached hydrogen (secondary N) is 8. The summed E-state index contributed by atoms with van der Waals surface area (Å²) in [5, 5.41) is 27.9. The number of methoxy groups -OCH3 is 1. The van der Waals surface area contributed by atoms with Gasteiger partial charge in [0.2, 0.25) is 0 Å². The van der Waals surface area contributed by atoms with Gasteiger partial charge in [0.1, 0.15) is 5.75 Å². The minimum Gasteiger partial charge on any atom is -0.497 e. The zero-order chi connectivity index (χ0) is 98.7. The van der Waals surface area contributed by atoms with Gasteiger partial charge in [0.25, 0.3) is 0 Å². The number of hydrogen-bond donors (Lipinski definition) is 12. The number of halogens is 4. The van der Waals surface area contributed by atoms with E-state index in [0.29, 0.717) is 126 Å². The van der Waals surface area contributed by atoms with Crippen LogP contribution in [0.25, 0.3) is 134 Å². The summed E-state index contributed by atoms with van der Waals surface area (Å²) < 4.78 is 12.5. The summed E-state index contributed by atoms with van der Waals surface area (Å²) in [7, 11) is 5.61. The average Bonchev–Trinajstić information content (AvgIpc) is 0.868. The Labute approximate surface area is 836 Å². The van der Waals surface area contributed by atoms with Crippen molar-refractivity contribution in [1.82, 2.24) is 90.5 Å². The lowest BCUT2D eigenvalue weighted by molar-refractivity contribution is 0.0671. The monoisotopic (exact) mass is 1970 g/mol. The van der Waals surface area contributed by atoms with Crippen molar-refractivity contribution >= 4 is 161 Å². The van der Waals surface area contributed by atoms with E-state index < -0.39 is 12.1 Å². The van der Waals surface area contributed by atoms with Crippen LogP contribution in [0.5, 0.6) is 5.75 Å². The number of nitrogens with zero attached hydrogens (tertiary/aromatic N) is 14. The summed E-state index contributed by atoms with van der Waals surface area (Å²) in [6.45, 7) is 5.28. The maximum atomic E-state index is 12.7. The Morgan fingerprint density at radius 2 is 0.669 bits per heavy atom. The number of aromatic nitrogens is 13. The Hall–Kier alpha value is -16.6. The number of nitrogens with two attached hydrogens (primary N) is 4. The highest BCUT2D eigenvalue weighted by Gasteiger charge is 2.27. The molecule has 11 heterocycles. The number of ether oxygens (including phenoxy) is 2. The number of aryl methyl sites for hydroxylation is 1. The lowest BCUT2D eigenvalue weighted by atomic mass is 10.0. The van der Waals surface area contributed by atoms with Crippen molar-refractivity contribution in [2.75, 3.05) is 97.8 Å². The highest BCUT2D eigenvalue weighted by Crippen LogP contribution is 2.42. The molecule has 16 N–H and O–H groups in total. The van der Waals surface area contributed by atoms with E-state index >= 15 is 0 Å². The van der Waals surface area contributed by atoms with Gasteiger partial charge >= 0.3 is 24.1 Å². The molecule has 0 saturated carbocycles. The van der Waals surface area contributed by atoms with Crippen molar-refractivity contribution in [1.29, 1.82) is 0 Å². The predicted molar refractivity (Wildman–Crippen MR) is 564 cm³/mol. The van der Waals surface area contributed by atoms with Gasteiger partial charge in [0.05, 0.1) is 94.8 Å². The van der Waals surface area contributed by atoms with E-state index in [-0.39, 0.29) is 58.6 Å². The minimum atomic E-state index is -0.462. The van der Waals surface area contributed by atoms with Gasteiger partial charge in [-0.2, -0.15) is 0 Å². The molecule has 0 bridgehead atoms. The maximum Gasteiger partial charge on any atom is 0.320 e. The Kier molecular flexibility index (Phi) is 31.0. The van der Waals surface area contributed by atoms with Gasteiger partial charge < -0.3 is 63.1 Å². The third-order valence-electron chi connectivity index (χ3n) is 23.4. The zero-order valence-electron chi connectivity index (χ0n) is 77.1. The number of nitrogen functional groups attached to an aromatic ring is 4. The molecule has 714 valence electrons. The highest BCUT2D eigenvalue weighted by molar-refractivity contribution is 6.37. The molecule has 8 amide bonds. The van der Waals surface area contributed by atoms with Gasteiger partial charge in [-0.3, -0.25) is 41.2 Å². The Bertz CT molecular complexity index is 7440. The molecule has 18 aromatic rings. The van der Waals surface area contributed by atoms with E-state index in [2.05, 4.69) is 94.4 Å². The summed E-state index contributed by atoms with van der Waals surface area (Å²) in [6.07, 6.45) is 13.6. The number of carbonyl (C=O) groups is 4. The minimum absolute atomic E-state index is 0.0933. The van der Waals surface area contributed by atoms with E-state index in [1.807, 2.05) is 255 Å². The van der Waals surface area contributed by atoms with Gasteiger partial charge in [-0.25, -0.2) is 59.0 Å². The van der Waals surface area contributed by atoms with Crippen molar-refractivity contribution in [2.24, 2.45) is 18.9 Å². The molecular formula is C106H96Cl4N26O6. The maximum absolute atomic E-state index is 12.7. The fourth-order valence-corrected chi connectivity index (χ4v) is 17.4. The van der Waals surface area contributed by atoms with Crippen LogP contribution in [0.3, 0.4) is 0 Å². The molecule has 0 radical (unpaired) electrons. The fourth-order valence-electron chi connectivity index (χ4n) is 16.3. The molecule has 9 aromatic carbocycles. The third kappa shape index (κ3) is 24.0. The Balaban J connectivity index is 0.000000130. The second-order valence-corrected chi connectivity index (χ2v) is 35.1. The van der Waals surface area contributed by atoms with E-state index in [0.717, 1.165) is 128 Å². The van der Waals surface area contributed by atoms with Gasteiger partial charge in [-0.1, -0.05) is 204 Å². The van der Waals surface area contributed by atoms with Gasteiger partial charge in [-0.15, -0.1) is 0 Å². The van der Waals surface area contributed by atoms with Crippen LogP contribution in [0.15, 0.2) is 286 Å². The number of amides is 8. The number of rotatable bonds is 21. The van der Waals surface area contributed by atoms with Crippen molar-refractivity contribution in [3.05, 3.63) is 317 Å². The molecule has 2 aliphatic heterocycles. The predicted octanol–water partition coefficient (Wildman–Crippen LogP) is 21.0. The van der Waals surface area contributed by atoms with Gasteiger partial charge in [0, 0.05) is 156 Å². The first-order chi connectivity index (χ1) is 69.0. The van der Waals surface area contributed by atoms with Crippen molar-refractivity contribution in [3.8, 4) is 95.8 Å². The number of fused-ring (bicyclic) bond motifs is 4. The standard InChI is InChI=1S/C28H23ClN6O2.C26H26ClN7O.C26H22ClN7O.C26H25ClN6O2/c1-37-21-11-9-17(10-12-21)16-32-28(36)35-27-26(30)33-24(18-6-3-2-4-7-18)25(34-27)20-14-19-8-5-13-31-23(19)22(29)15-20;2*1-34-11-9-16(15-34)14-30-26(35)33-25-24(28)31-22(17-6-3-2-4-7-17)23(32-25)19-12-18-8-5-10-29-21(18)20(27)13-19;27-20-14-19(13-18-7-4-10-29-21(18)20)23-22(17-5-2-1-3-6-17)31-24(28)25(32-23)33-26(34)30-15-16-8-11-35-12-9-16/h2-15H,16H2,1H3,(H2,30,33)(H2,32,34,35,36);2-8,10,12-13,16H,9,11,14-15H2,1H3,(H2,28,31)(H2,30,32,33,35);2-13,15H,14H2,1H3,(H2,28,31)(H2,30,32,33,35);1-7,10,13-14,16H,8-9,11-12,15H2,(H2,28,31)(H2,30,32,33,34). The molecule has 1 atom stereocenters. The molecule has 0 aliphatic carbocycles. The smallest absolute Gasteiger partial charge is 0.320 e. The molecule has 2 fully saturated rings. The van der Waals surface area contributed by atoms with Crippen LogP contribution in [0.4, 0.5) is 65.7 Å². The zero-order valence-corrected chi connectivity index (χ0v) is 80.1. The number of benzene rings is 9. The Morgan fingerprint density at radius 1 is 0.359 bits per heavy atom. The highest BCUT2D eigenvalue weighted by atomic mass is 35.5. The number of carbonyl (C=O) groups excluding carboxylic acids is 4. The van der Waals surface area contributed by atoms with Crippen LogP contribution in [0.1, 0.15) is 30.4 Å². The first-order valence-electron chi connectivity index (χ1n) is 45.4. The fraction of sp³-hybridized carbons (Fsp3) is 0.151. The van der Waals surface area contributed by atoms with E-state index in [4.69, 9.17) is 98.7 Å². The molecule has 36 heteroatoms. The molecule has 9 aromatic heterocycles. The SMILES string of the molecule is CN1CCC(CNC(=O)Nc2nc(-c3cc(Cl)c4ncccc4c3)c(-c3ccccc3)nc2N)C1.COc1ccc(CNC(=O)Nc2nc(-c3cc(Cl)c4ncccc4c3)c(-c3ccccc3)nc2N)cc1.Cn1ccc(CNC(=O)Nc2nc(-c3cc(Cl)c4ncccc4c3)c(-c3ccccc3)nc2N)c1.Nc1nc(-c2ccccc2)c(-c2cc(Cl)c3ncccc3c2)nc1NC(=O)NCC1CCOCC1. The second-order valence-electron chi connectivity index (χ2n) is 33.5. The lowest BCUT2D eigenvalue weighted by Crippen LogP contribution is -2.35. The largest absolute Gasteiger partial charge is 0.497 e. The second kappa shape index (κ2) is 45.3. The summed E-state index contributed by atoms with van der Waals surface area (Å²) in [5.74, 6) is 2.71. The van der Waals surface area contributed by atoms with Crippen molar-refractivity contribution in [3.63, 3.8) is 0 Å². The molecule has 2 saturated heterocycles. The van der Waals surface area contributed by atoms with Crippen molar-refractivity contribution < 1.29 is 28.7 Å². The summed E-state index contributed by atoms with van der Waals surface area (Å²) in [4.78, 5) is 108. The summed E-state index contributed by atoms with van der Waals surface area (Å²) >= 11 is 26.2. The van der Waals surface area contributed by atoms with Gasteiger partial charge in [0.15, 0.2) is 46.5 Å². The van der Waals surface area contributed by atoms with Gasteiger partial charge in [-0.05, 0) is 147 Å². The third-order valence-corrected chi connectivity index (χ3v) is 24.6. The number of urea groups is 4. The van der Waals surface area contributed by atoms with E-state index in [1.54, 1.807) is 50.1 Å². The molecule has 1 unspecified atom stereocenters. The first-order valence-corrected chi connectivity index (χ1v) is 46.9. The quantitative estimate of drug-likeness (QED) is 0.0318. The number of pyridine rings is 4. The molecule has 32 nitrogen and oxygen atoms in total. The molecule has 0 spiro atoms. The van der Waals surface area contributed by atoms with Crippen LogP contribution < -0.4 is 70.2 Å². The number of hydrogen-bond acceptors (Lipinski definition) is 23. The number of anilines is 8. The topological polar surface area (TPSA) is 450 Å². The number of likely N-dealkylation sites (tertiary alicyclic amines) is 1. The molecular weight excluding hydrogens is 1880 g/mol. The van der Waals surface area contributed by atoms with E-state index in [1.165, 1.54) is 0 Å². The van der Waals surface area contributed by atoms with Crippen LogP contribution in [0.2, 0.25) is 20.1 Å². The van der Waals surface area contributed by atoms with Crippen molar-refractivity contribution in [2.45, 2.75) is 32.4 Å². The van der Waals surface area contributed by atoms with Crippen LogP contribution in [0, 0.1) is 11.8 Å². The summed E-state index contributed by atoms with van der Waals surface area (Å²) in [5.41, 5.74) is 40.5.